The first-order valence-electron chi connectivity index (χ1n) is 2.69. The Morgan fingerprint density at radius 3 is 2.29 bits per heavy atom. The van der Waals surface area contributed by atoms with Crippen LogP contribution in [0.1, 0.15) is 13.8 Å². The molecule has 0 amide bonds. The molecule has 0 rings (SSSR count). The molecule has 0 N–H and O–H groups in total. The van der Waals surface area contributed by atoms with Gasteiger partial charge in [0.1, 0.15) is 0 Å². The van der Waals surface area contributed by atoms with E-state index in [0.717, 1.165) is 34.0 Å². The van der Waals surface area contributed by atoms with Crippen LogP contribution in [-0.2, 0) is 4.79 Å². The van der Waals surface area contributed by atoms with Gasteiger partial charge in [0.25, 0.3) is 0 Å². The Bertz CT molecular complexity index is 74.1. The molecule has 1 nitrogen and oxygen atoms in total. The number of hydrogen-bond donors (Lipinski definition) is 0. The first-order valence-corrected chi connectivity index (χ1v) is 3.84. The van der Waals surface area contributed by atoms with Crippen LogP contribution in [-0.4, -0.2) is 37.1 Å². The van der Waals surface area contributed by atoms with Gasteiger partial charge in [0.15, 0.2) is 0 Å². The van der Waals surface area contributed by atoms with Gasteiger partial charge in [-0.1, -0.05) is 0 Å². The van der Waals surface area contributed by atoms with E-state index in [1.807, 2.05) is 0 Å². The zero-order chi connectivity index (χ0) is 5.86. The molecule has 34 valence electrons. The van der Waals surface area contributed by atoms with Gasteiger partial charge in [0, 0.05) is 0 Å². The predicted octanol–water partition coefficient (Wildman–Crippen LogP) is 0.294. The maximum absolute atomic E-state index is 10.4. The van der Waals surface area contributed by atoms with Gasteiger partial charge in [-0.15, -0.1) is 0 Å². The summed E-state index contributed by atoms with van der Waals surface area (Å²) in [7, 11) is 0. The predicted molar refractivity (Wildman–Crippen MR) is 32.7 cm³/mol. The minimum atomic E-state index is 0.356. The van der Waals surface area contributed by atoms with Gasteiger partial charge in [-0.2, -0.15) is 0 Å². The van der Waals surface area contributed by atoms with Crippen LogP contribution < -0.4 is 0 Å². The zero-order valence-corrected chi connectivity index (χ0v) is 7.19. The number of carbonyl (C=O) groups is 1. The van der Waals surface area contributed by atoms with Crippen molar-refractivity contribution in [3.8, 4) is 0 Å². The Morgan fingerprint density at radius 1 is 1.86 bits per heavy atom. The molecule has 0 radical (unpaired) electrons. The second-order valence-corrected chi connectivity index (χ2v) is 3.31. The van der Waals surface area contributed by atoms with Crippen LogP contribution in [0.15, 0.2) is 0 Å². The summed E-state index contributed by atoms with van der Waals surface area (Å²) < 4.78 is 0.403. The van der Waals surface area contributed by atoms with Gasteiger partial charge in [-0.25, -0.2) is 0 Å². The number of rotatable bonds is 2. The van der Waals surface area contributed by atoms with E-state index in [0.29, 0.717) is 9.44 Å². The molecule has 0 aliphatic heterocycles. The third-order valence-electron chi connectivity index (χ3n) is 1.31. The van der Waals surface area contributed by atoms with Crippen molar-refractivity contribution in [3.63, 3.8) is 0 Å². The molecule has 0 aromatic rings. The van der Waals surface area contributed by atoms with Gasteiger partial charge in [0.2, 0.25) is 0 Å². The molecule has 0 bridgehead atoms. The third-order valence-corrected chi connectivity index (χ3v) is 2.94. The van der Waals surface area contributed by atoms with Crippen molar-refractivity contribution in [2.75, 3.05) is 0 Å². The van der Waals surface area contributed by atoms with Crippen LogP contribution in [0.2, 0.25) is 6.32 Å². The summed E-state index contributed by atoms with van der Waals surface area (Å²) in [5, 5.41) is 0. The SMILES string of the molecule is CC[B]([Na])C(C)=O. The van der Waals surface area contributed by atoms with Crippen LogP contribution in [0.3, 0.4) is 0 Å². The molecular formula is C4H8BNaO. The topological polar surface area (TPSA) is 17.1 Å². The Labute approximate surface area is 62.0 Å². The van der Waals surface area contributed by atoms with E-state index >= 15 is 0 Å². The summed E-state index contributed by atoms with van der Waals surface area (Å²) in [4.78, 5) is 10.4. The second-order valence-electron chi connectivity index (χ2n) is 1.92. The average molecular weight is 106 g/mol. The van der Waals surface area contributed by atoms with E-state index in [1.54, 1.807) is 6.92 Å². The third kappa shape index (κ3) is 3.33. The monoisotopic (exact) mass is 106 g/mol. The van der Waals surface area contributed by atoms with Gasteiger partial charge < -0.3 is 0 Å². The van der Waals surface area contributed by atoms with Crippen LogP contribution in [0.4, 0.5) is 0 Å². The molecule has 0 aromatic carbocycles. The van der Waals surface area contributed by atoms with Crippen molar-refractivity contribution in [2.24, 2.45) is 0 Å². The molecule has 0 spiro atoms. The van der Waals surface area contributed by atoms with E-state index in [1.165, 1.54) is 0 Å². The summed E-state index contributed by atoms with van der Waals surface area (Å²) >= 11 is 1.02. The van der Waals surface area contributed by atoms with Crippen molar-refractivity contribution < 1.29 is 4.79 Å². The van der Waals surface area contributed by atoms with E-state index in [4.69, 9.17) is 0 Å². The van der Waals surface area contributed by atoms with E-state index in [-0.39, 0.29) is 0 Å². The van der Waals surface area contributed by atoms with Gasteiger partial charge in [0.05, 0.1) is 0 Å². The normalized spacial score (nSPS) is 8.57. The molecule has 0 heterocycles. The second kappa shape index (κ2) is 3.70. The van der Waals surface area contributed by atoms with Gasteiger partial charge in [-0.05, 0) is 0 Å². The van der Waals surface area contributed by atoms with Crippen molar-refractivity contribution in [1.82, 2.24) is 0 Å². The fourth-order valence-electron chi connectivity index (χ4n) is 0.287. The molecule has 0 aromatic heterocycles. The molecule has 0 unspecified atom stereocenters. The molecule has 7 heavy (non-hydrogen) atoms. The minimum absolute atomic E-state index is 0.356. The fraction of sp³-hybridized carbons (Fsp3) is 0.750. The Morgan fingerprint density at radius 2 is 2.29 bits per heavy atom. The maximum atomic E-state index is 10.4. The first kappa shape index (κ1) is 7.73. The standard InChI is InChI=1S/C4H8BO.Na/c1-3-5-4(2)6;/h3H2,1-2H3;/q+1;-1. The molecule has 0 aliphatic rings. The summed E-state index contributed by atoms with van der Waals surface area (Å²) in [5.41, 5.74) is 0.356. The Hall–Kier alpha value is 0.735. The molecule has 3 heteroatoms. The van der Waals surface area contributed by atoms with Crippen molar-refractivity contribution in [2.45, 2.75) is 20.2 Å². The van der Waals surface area contributed by atoms with Gasteiger partial charge in [-0.3, -0.25) is 0 Å². The summed E-state index contributed by atoms with van der Waals surface area (Å²) in [6, 6.07) is 0. The van der Waals surface area contributed by atoms with Crippen molar-refractivity contribution >= 4 is 37.1 Å². The zero-order valence-electron chi connectivity index (χ0n) is 5.19. The molecular weight excluding hydrogens is 97.8 g/mol. The quantitative estimate of drug-likeness (QED) is 0.462. The Balaban J connectivity index is 3.34. The van der Waals surface area contributed by atoms with Crippen LogP contribution in [0.25, 0.3) is 0 Å². The van der Waals surface area contributed by atoms with Gasteiger partial charge >= 0.3 is 62.1 Å². The van der Waals surface area contributed by atoms with Crippen LogP contribution in [0, 0.1) is 0 Å². The average Bonchev–Trinajstić information content (AvgIpc) is 1.65. The molecule has 0 saturated heterocycles. The van der Waals surface area contributed by atoms with Crippen molar-refractivity contribution in [1.29, 1.82) is 0 Å². The van der Waals surface area contributed by atoms with E-state index in [2.05, 4.69) is 6.92 Å². The summed E-state index contributed by atoms with van der Waals surface area (Å²) in [6.45, 7) is 3.72. The summed E-state index contributed by atoms with van der Waals surface area (Å²) in [6.07, 6.45) is 1.03. The summed E-state index contributed by atoms with van der Waals surface area (Å²) in [5.74, 6) is 0. The Kier molecular flexibility index (Phi) is 4.09. The molecule has 0 saturated carbocycles. The van der Waals surface area contributed by atoms with Crippen molar-refractivity contribution in [3.05, 3.63) is 0 Å². The van der Waals surface area contributed by atoms with Crippen LogP contribution >= 0.6 is 0 Å². The fourth-order valence-corrected chi connectivity index (χ4v) is 0.287. The molecule has 0 atom stereocenters. The van der Waals surface area contributed by atoms with E-state index in [9.17, 15) is 4.79 Å². The number of carbonyl (C=O) groups excluding carboxylic acids is 1. The number of hydrogen-bond acceptors (Lipinski definition) is 1. The first-order chi connectivity index (χ1) is 3.18. The molecule has 0 fully saturated rings. The van der Waals surface area contributed by atoms with Crippen LogP contribution in [0.5, 0.6) is 0 Å². The molecule has 0 aliphatic carbocycles. The van der Waals surface area contributed by atoms with E-state index < -0.39 is 0 Å².